The molecule has 0 spiro atoms. The third kappa shape index (κ3) is 4.81. The highest BCUT2D eigenvalue weighted by molar-refractivity contribution is 5.32. The van der Waals surface area contributed by atoms with E-state index in [-0.39, 0.29) is 23.3 Å². The second-order valence-corrected chi connectivity index (χ2v) is 8.04. The fourth-order valence-electron chi connectivity index (χ4n) is 4.30. The molecule has 4 rings (SSSR count). The maximum Gasteiger partial charge on any atom is 0.416 e. The average molecular weight is 428 g/mol. The summed E-state index contributed by atoms with van der Waals surface area (Å²) in [6.45, 7) is 0.264. The second-order valence-electron chi connectivity index (χ2n) is 8.04. The highest BCUT2D eigenvalue weighted by atomic mass is 19.4. The number of ether oxygens (including phenoxy) is 1. The summed E-state index contributed by atoms with van der Waals surface area (Å²) >= 11 is 0. The molecule has 2 aromatic carbocycles. The zero-order valence-corrected chi connectivity index (χ0v) is 16.9. The number of aromatic amines is 1. The lowest BCUT2D eigenvalue weighted by Crippen LogP contribution is -2.28. The number of alkyl halides is 3. The number of hydrogen-bond donors (Lipinski definition) is 1. The van der Waals surface area contributed by atoms with Crippen molar-refractivity contribution in [2.24, 2.45) is 0 Å². The van der Waals surface area contributed by atoms with Crippen molar-refractivity contribution in [1.29, 1.82) is 0 Å². The first-order chi connectivity index (χ1) is 14.9. The topological polar surface area (TPSA) is 55.0 Å². The van der Waals surface area contributed by atoms with Crippen LogP contribution in [0.25, 0.3) is 0 Å². The van der Waals surface area contributed by atoms with Gasteiger partial charge in [-0.1, -0.05) is 55.3 Å². The zero-order chi connectivity index (χ0) is 21.9. The van der Waals surface area contributed by atoms with Gasteiger partial charge in [0.2, 0.25) is 5.75 Å². The Labute approximate surface area is 178 Å². The number of benzene rings is 2. The van der Waals surface area contributed by atoms with Gasteiger partial charge in [0.05, 0.1) is 11.8 Å². The molecule has 3 aromatic rings. The minimum atomic E-state index is -4.36. The Hall–Kier alpha value is -3.09. The molecule has 0 atom stereocenters. The van der Waals surface area contributed by atoms with Crippen LogP contribution in [0.3, 0.4) is 0 Å². The summed E-state index contributed by atoms with van der Waals surface area (Å²) in [4.78, 5) is 19.7. The largest absolute Gasteiger partial charge is 0.482 e. The number of rotatable bonds is 6. The van der Waals surface area contributed by atoms with E-state index in [9.17, 15) is 18.0 Å². The second kappa shape index (κ2) is 8.57. The van der Waals surface area contributed by atoms with Crippen LogP contribution in [0.5, 0.6) is 5.75 Å². The van der Waals surface area contributed by atoms with Gasteiger partial charge in [-0.25, -0.2) is 4.98 Å². The maximum absolute atomic E-state index is 12.9. The van der Waals surface area contributed by atoms with Crippen LogP contribution in [0, 0.1) is 0 Å². The molecule has 1 heterocycles. The number of halogens is 3. The van der Waals surface area contributed by atoms with Crippen molar-refractivity contribution in [3.63, 3.8) is 0 Å². The minimum absolute atomic E-state index is 0.141. The third-order valence-corrected chi connectivity index (χ3v) is 5.95. The van der Waals surface area contributed by atoms with Crippen molar-refractivity contribution in [3.05, 3.63) is 93.7 Å². The molecular weight excluding hydrogens is 405 g/mol. The highest BCUT2D eigenvalue weighted by Crippen LogP contribution is 2.44. The van der Waals surface area contributed by atoms with Crippen LogP contribution in [-0.4, -0.2) is 9.97 Å². The van der Waals surface area contributed by atoms with E-state index in [0.29, 0.717) is 12.2 Å². The average Bonchev–Trinajstić information content (AvgIpc) is 3.23. The molecule has 0 amide bonds. The summed E-state index contributed by atoms with van der Waals surface area (Å²) in [6.07, 6.45) is 1.19. The maximum atomic E-state index is 12.9. The summed E-state index contributed by atoms with van der Waals surface area (Å²) < 4.78 is 44.4. The molecule has 1 saturated carbocycles. The van der Waals surface area contributed by atoms with Crippen molar-refractivity contribution >= 4 is 0 Å². The van der Waals surface area contributed by atoms with E-state index in [1.807, 2.05) is 30.3 Å². The third-order valence-electron chi connectivity index (χ3n) is 5.95. The molecule has 1 aromatic heterocycles. The molecule has 0 radical (unpaired) electrons. The highest BCUT2D eigenvalue weighted by Gasteiger charge is 2.37. The fourth-order valence-corrected chi connectivity index (χ4v) is 4.30. The first-order valence-corrected chi connectivity index (χ1v) is 10.3. The van der Waals surface area contributed by atoms with E-state index >= 15 is 0 Å². The van der Waals surface area contributed by atoms with Crippen LogP contribution in [0.2, 0.25) is 0 Å². The Balaban J connectivity index is 1.52. The Morgan fingerprint density at radius 3 is 2.29 bits per heavy atom. The van der Waals surface area contributed by atoms with Crippen molar-refractivity contribution in [3.8, 4) is 5.75 Å². The van der Waals surface area contributed by atoms with Gasteiger partial charge >= 0.3 is 6.18 Å². The van der Waals surface area contributed by atoms with E-state index < -0.39 is 11.7 Å². The van der Waals surface area contributed by atoms with Gasteiger partial charge in [-0.15, -0.1) is 0 Å². The molecule has 0 saturated heterocycles. The van der Waals surface area contributed by atoms with Crippen LogP contribution in [0.1, 0.15) is 48.2 Å². The van der Waals surface area contributed by atoms with Crippen molar-refractivity contribution in [2.45, 2.75) is 50.3 Å². The van der Waals surface area contributed by atoms with Crippen LogP contribution >= 0.6 is 0 Å². The molecule has 31 heavy (non-hydrogen) atoms. The number of hydrogen-bond acceptors (Lipinski definition) is 3. The normalized spacial score (nSPS) is 15.7. The molecule has 162 valence electrons. The quantitative estimate of drug-likeness (QED) is 0.570. The van der Waals surface area contributed by atoms with E-state index in [0.717, 1.165) is 48.9 Å². The predicted octanol–water partition coefficient (Wildman–Crippen LogP) is 5.42. The molecule has 0 bridgehead atoms. The molecule has 1 aliphatic rings. The van der Waals surface area contributed by atoms with Crippen LogP contribution in [0.4, 0.5) is 13.2 Å². The fraction of sp³-hybridized carbons (Fsp3) is 0.333. The van der Waals surface area contributed by atoms with Gasteiger partial charge < -0.3 is 9.72 Å². The molecule has 1 fully saturated rings. The lowest BCUT2D eigenvalue weighted by atomic mass is 9.75. The molecule has 7 heteroatoms. The first-order valence-electron chi connectivity index (χ1n) is 10.3. The molecule has 1 N–H and O–H groups in total. The Morgan fingerprint density at radius 1 is 1.00 bits per heavy atom. The number of aromatic nitrogens is 2. The SMILES string of the molecule is O=c1[nH]c(CC2(c3ccc(C(F)(F)F)cc3)CCCC2)ncc1OCc1ccccc1. The molecule has 0 aliphatic heterocycles. The standard InChI is InChI=1S/C24H23F3N2O2/c25-24(26,27)19-10-8-18(9-11-19)23(12-4-5-13-23)14-21-28-15-20(22(30)29-21)31-16-17-6-2-1-3-7-17/h1-3,6-11,15H,4-5,12-14,16H2,(H,28,29,30). The van der Waals surface area contributed by atoms with E-state index in [1.165, 1.54) is 6.20 Å². The smallest absolute Gasteiger partial charge is 0.416 e. The summed E-state index contributed by atoms with van der Waals surface area (Å²) in [5.74, 6) is 0.654. The van der Waals surface area contributed by atoms with Crippen LogP contribution in [0.15, 0.2) is 65.6 Å². The summed E-state index contributed by atoms with van der Waals surface area (Å²) in [6, 6.07) is 14.9. The lowest BCUT2D eigenvalue weighted by Gasteiger charge is -2.29. The van der Waals surface area contributed by atoms with Gasteiger partial charge in [0.1, 0.15) is 12.4 Å². The Kier molecular flexibility index (Phi) is 5.85. The van der Waals surface area contributed by atoms with Gasteiger partial charge in [-0.3, -0.25) is 4.79 Å². The Morgan fingerprint density at radius 2 is 1.68 bits per heavy atom. The predicted molar refractivity (Wildman–Crippen MR) is 111 cm³/mol. The first kappa shape index (κ1) is 21.2. The Bertz CT molecular complexity index is 1070. The van der Waals surface area contributed by atoms with E-state index in [1.54, 1.807) is 12.1 Å². The molecule has 0 unspecified atom stereocenters. The van der Waals surface area contributed by atoms with Crippen LogP contribution in [-0.2, 0) is 24.6 Å². The zero-order valence-electron chi connectivity index (χ0n) is 16.9. The van der Waals surface area contributed by atoms with Crippen molar-refractivity contribution in [2.75, 3.05) is 0 Å². The van der Waals surface area contributed by atoms with Gasteiger partial charge in [0.15, 0.2) is 0 Å². The van der Waals surface area contributed by atoms with Crippen molar-refractivity contribution < 1.29 is 17.9 Å². The van der Waals surface area contributed by atoms with Gasteiger partial charge in [0.25, 0.3) is 5.56 Å². The van der Waals surface area contributed by atoms with Gasteiger partial charge in [-0.05, 0) is 36.1 Å². The van der Waals surface area contributed by atoms with Crippen molar-refractivity contribution in [1.82, 2.24) is 9.97 Å². The van der Waals surface area contributed by atoms with E-state index in [2.05, 4.69) is 9.97 Å². The van der Waals surface area contributed by atoms with Gasteiger partial charge in [0, 0.05) is 11.8 Å². The summed E-state index contributed by atoms with van der Waals surface area (Å²) in [5.41, 5.74) is 0.451. The number of nitrogens with one attached hydrogen (secondary N) is 1. The number of nitrogens with zero attached hydrogens (tertiary/aromatic N) is 1. The number of H-pyrrole nitrogens is 1. The minimum Gasteiger partial charge on any atom is -0.482 e. The van der Waals surface area contributed by atoms with Gasteiger partial charge in [-0.2, -0.15) is 13.2 Å². The van der Waals surface area contributed by atoms with E-state index in [4.69, 9.17) is 4.74 Å². The van der Waals surface area contributed by atoms with Crippen LogP contribution < -0.4 is 10.3 Å². The molecular formula is C24H23F3N2O2. The lowest BCUT2D eigenvalue weighted by molar-refractivity contribution is -0.137. The summed E-state index contributed by atoms with van der Waals surface area (Å²) in [7, 11) is 0. The molecule has 4 nitrogen and oxygen atoms in total. The monoisotopic (exact) mass is 428 g/mol. The summed E-state index contributed by atoms with van der Waals surface area (Å²) in [5, 5.41) is 0. The molecule has 1 aliphatic carbocycles.